The molecule has 6 nitrogen and oxygen atoms in total. The van der Waals surface area contributed by atoms with Crippen LogP contribution in [0.2, 0.25) is 0 Å². The lowest BCUT2D eigenvalue weighted by molar-refractivity contribution is -0.141. The standard InChI is InChI=1S/C21H28FN3O3/c22-16-5-4-6-17(13-16)23-20(27)25-14-18(19(26)24-9-2-1-3-10-24)21(15-25)7-11-28-12-8-21/h4-6,13,18H,1-3,7-12,14-15H2,(H,23,27). The van der Waals surface area contributed by atoms with Crippen LogP contribution in [0.1, 0.15) is 32.1 Å². The number of ether oxygens (including phenoxy) is 1. The first-order valence-electron chi connectivity index (χ1n) is 10.3. The van der Waals surface area contributed by atoms with Crippen molar-refractivity contribution < 1.29 is 18.7 Å². The van der Waals surface area contributed by atoms with Crippen LogP contribution in [-0.4, -0.2) is 61.1 Å². The van der Waals surface area contributed by atoms with E-state index >= 15 is 0 Å². The second-order valence-corrected chi connectivity index (χ2v) is 8.23. The number of anilines is 1. The molecular weight excluding hydrogens is 361 g/mol. The largest absolute Gasteiger partial charge is 0.381 e. The molecule has 0 radical (unpaired) electrons. The third-order valence-corrected chi connectivity index (χ3v) is 6.47. The van der Waals surface area contributed by atoms with E-state index in [1.54, 1.807) is 17.0 Å². The summed E-state index contributed by atoms with van der Waals surface area (Å²) in [6.07, 6.45) is 4.87. The van der Waals surface area contributed by atoms with E-state index in [4.69, 9.17) is 4.74 Å². The highest BCUT2D eigenvalue weighted by atomic mass is 19.1. The van der Waals surface area contributed by atoms with Crippen molar-refractivity contribution >= 4 is 17.6 Å². The van der Waals surface area contributed by atoms with Gasteiger partial charge >= 0.3 is 6.03 Å². The zero-order valence-electron chi connectivity index (χ0n) is 16.2. The summed E-state index contributed by atoms with van der Waals surface area (Å²) in [4.78, 5) is 29.9. The second-order valence-electron chi connectivity index (χ2n) is 8.23. The molecule has 7 heteroatoms. The number of halogens is 1. The monoisotopic (exact) mass is 389 g/mol. The van der Waals surface area contributed by atoms with E-state index in [2.05, 4.69) is 5.32 Å². The number of carbonyl (C=O) groups is 2. The molecule has 1 spiro atoms. The van der Waals surface area contributed by atoms with E-state index in [1.807, 2.05) is 4.90 Å². The number of nitrogens with one attached hydrogen (secondary N) is 1. The zero-order valence-corrected chi connectivity index (χ0v) is 16.2. The molecule has 3 aliphatic rings. The van der Waals surface area contributed by atoms with Gasteiger partial charge in [0.25, 0.3) is 0 Å². The van der Waals surface area contributed by atoms with Crippen molar-refractivity contribution in [3.8, 4) is 0 Å². The van der Waals surface area contributed by atoms with Gasteiger partial charge in [0.15, 0.2) is 0 Å². The number of nitrogens with zero attached hydrogens (tertiary/aromatic N) is 2. The molecule has 28 heavy (non-hydrogen) atoms. The van der Waals surface area contributed by atoms with Gasteiger partial charge in [-0.15, -0.1) is 0 Å². The summed E-state index contributed by atoms with van der Waals surface area (Å²) in [6.45, 7) is 3.85. The second kappa shape index (κ2) is 8.07. The number of hydrogen-bond acceptors (Lipinski definition) is 3. The van der Waals surface area contributed by atoms with Crippen molar-refractivity contribution in [3.63, 3.8) is 0 Å². The van der Waals surface area contributed by atoms with Gasteiger partial charge < -0.3 is 19.9 Å². The first kappa shape index (κ1) is 19.2. The number of hydrogen-bond donors (Lipinski definition) is 1. The van der Waals surface area contributed by atoms with Gasteiger partial charge in [0.05, 0.1) is 5.92 Å². The molecule has 1 unspecified atom stereocenters. The minimum Gasteiger partial charge on any atom is -0.381 e. The SMILES string of the molecule is O=C(Nc1cccc(F)c1)N1CC(C(=O)N2CCCCC2)C2(CCOCC2)C1. The predicted octanol–water partition coefficient (Wildman–Crippen LogP) is 3.10. The summed E-state index contributed by atoms with van der Waals surface area (Å²) in [5.41, 5.74) is 0.211. The topological polar surface area (TPSA) is 61.9 Å². The van der Waals surface area contributed by atoms with Gasteiger partial charge in [0, 0.05) is 50.5 Å². The molecule has 152 valence electrons. The van der Waals surface area contributed by atoms with Crippen LogP contribution >= 0.6 is 0 Å². The highest BCUT2D eigenvalue weighted by molar-refractivity contribution is 5.90. The van der Waals surface area contributed by atoms with Gasteiger partial charge in [-0.05, 0) is 50.3 Å². The van der Waals surface area contributed by atoms with Crippen molar-refractivity contribution in [2.45, 2.75) is 32.1 Å². The normalized spacial score (nSPS) is 24.4. The van der Waals surface area contributed by atoms with Gasteiger partial charge in [-0.2, -0.15) is 0 Å². The number of amides is 3. The van der Waals surface area contributed by atoms with Crippen LogP contribution in [0, 0.1) is 17.2 Å². The molecule has 3 fully saturated rings. The number of piperidine rings is 1. The maximum absolute atomic E-state index is 13.4. The highest BCUT2D eigenvalue weighted by Gasteiger charge is 2.52. The van der Waals surface area contributed by atoms with Crippen LogP contribution in [0.4, 0.5) is 14.9 Å². The Labute approximate surface area is 165 Å². The Morgan fingerprint density at radius 2 is 1.86 bits per heavy atom. The fourth-order valence-electron chi connectivity index (χ4n) is 4.85. The van der Waals surface area contributed by atoms with Gasteiger partial charge in [-0.25, -0.2) is 9.18 Å². The lowest BCUT2D eigenvalue weighted by atomic mass is 9.71. The van der Waals surface area contributed by atoms with Crippen LogP contribution < -0.4 is 5.32 Å². The minimum absolute atomic E-state index is 0.183. The molecule has 3 saturated heterocycles. The quantitative estimate of drug-likeness (QED) is 0.846. The van der Waals surface area contributed by atoms with Gasteiger partial charge in [-0.1, -0.05) is 6.07 Å². The lowest BCUT2D eigenvalue weighted by Gasteiger charge is -2.39. The van der Waals surface area contributed by atoms with Crippen LogP contribution in [0.25, 0.3) is 0 Å². The molecule has 1 aromatic rings. The Kier molecular flexibility index (Phi) is 5.53. The Hall–Kier alpha value is -2.15. The van der Waals surface area contributed by atoms with Gasteiger partial charge in [0.1, 0.15) is 5.82 Å². The summed E-state index contributed by atoms with van der Waals surface area (Å²) < 4.78 is 19.0. The molecule has 3 amide bonds. The number of carbonyl (C=O) groups excluding carboxylic acids is 2. The highest BCUT2D eigenvalue weighted by Crippen LogP contribution is 2.45. The van der Waals surface area contributed by atoms with Crippen LogP contribution in [-0.2, 0) is 9.53 Å². The molecule has 3 aliphatic heterocycles. The fourth-order valence-corrected chi connectivity index (χ4v) is 4.85. The van der Waals surface area contributed by atoms with Crippen molar-refractivity contribution in [2.24, 2.45) is 11.3 Å². The predicted molar refractivity (Wildman–Crippen MR) is 103 cm³/mol. The Balaban J connectivity index is 1.50. The molecule has 0 aliphatic carbocycles. The number of likely N-dealkylation sites (tertiary alicyclic amines) is 2. The van der Waals surface area contributed by atoms with E-state index in [0.717, 1.165) is 38.8 Å². The summed E-state index contributed by atoms with van der Waals surface area (Å²) in [6, 6.07) is 5.60. The number of rotatable bonds is 2. The number of benzene rings is 1. The lowest BCUT2D eigenvalue weighted by Crippen LogP contribution is -2.47. The van der Waals surface area contributed by atoms with Gasteiger partial charge in [-0.3, -0.25) is 4.79 Å². The minimum atomic E-state index is -0.390. The summed E-state index contributed by atoms with van der Waals surface area (Å²) in [7, 11) is 0. The molecule has 1 N–H and O–H groups in total. The molecule has 1 atom stereocenters. The summed E-state index contributed by atoms with van der Waals surface area (Å²) >= 11 is 0. The Morgan fingerprint density at radius 3 is 2.57 bits per heavy atom. The molecule has 4 rings (SSSR count). The van der Waals surface area contributed by atoms with E-state index < -0.39 is 5.82 Å². The Bertz CT molecular complexity index is 729. The van der Waals surface area contributed by atoms with Crippen LogP contribution in [0.5, 0.6) is 0 Å². The maximum atomic E-state index is 13.4. The molecule has 0 saturated carbocycles. The van der Waals surface area contributed by atoms with Crippen molar-refractivity contribution in [2.75, 3.05) is 44.7 Å². The van der Waals surface area contributed by atoms with Crippen molar-refractivity contribution in [3.05, 3.63) is 30.1 Å². The molecule has 0 bridgehead atoms. The van der Waals surface area contributed by atoms with Crippen LogP contribution in [0.15, 0.2) is 24.3 Å². The van der Waals surface area contributed by atoms with Crippen molar-refractivity contribution in [1.82, 2.24) is 9.80 Å². The molecule has 3 heterocycles. The van der Waals surface area contributed by atoms with E-state index in [9.17, 15) is 14.0 Å². The average molecular weight is 389 g/mol. The third-order valence-electron chi connectivity index (χ3n) is 6.47. The molecule has 0 aromatic heterocycles. The smallest absolute Gasteiger partial charge is 0.321 e. The molecular formula is C21H28FN3O3. The first-order chi connectivity index (χ1) is 13.6. The summed E-state index contributed by atoms with van der Waals surface area (Å²) in [5, 5.41) is 2.78. The van der Waals surface area contributed by atoms with Crippen molar-refractivity contribution in [1.29, 1.82) is 0 Å². The van der Waals surface area contributed by atoms with E-state index in [0.29, 0.717) is 32.0 Å². The zero-order chi connectivity index (χ0) is 19.6. The maximum Gasteiger partial charge on any atom is 0.321 e. The Morgan fingerprint density at radius 1 is 1.11 bits per heavy atom. The first-order valence-corrected chi connectivity index (χ1v) is 10.3. The number of urea groups is 1. The fraction of sp³-hybridized carbons (Fsp3) is 0.619. The van der Waals surface area contributed by atoms with Gasteiger partial charge in [0.2, 0.25) is 5.91 Å². The molecule has 1 aromatic carbocycles. The third kappa shape index (κ3) is 3.85. The van der Waals surface area contributed by atoms with Crippen LogP contribution in [0.3, 0.4) is 0 Å². The average Bonchev–Trinajstić information content (AvgIpc) is 3.07. The van der Waals surface area contributed by atoms with E-state index in [-0.39, 0.29) is 23.3 Å². The summed E-state index contributed by atoms with van der Waals surface area (Å²) in [5.74, 6) is -0.395. The van der Waals surface area contributed by atoms with E-state index in [1.165, 1.54) is 18.6 Å².